The van der Waals surface area contributed by atoms with Gasteiger partial charge in [0, 0.05) is 19.6 Å². The highest BCUT2D eigenvalue weighted by Gasteiger charge is 2.25. The Balaban J connectivity index is 1.34. The molecule has 0 spiro atoms. The number of aromatic nitrogens is 3. The molecule has 1 aromatic rings. The van der Waals surface area contributed by atoms with Gasteiger partial charge in [-0.15, -0.1) is 10.2 Å². The molecule has 1 saturated heterocycles. The molecule has 0 atom stereocenters. The fourth-order valence-electron chi connectivity index (χ4n) is 4.59. The molecule has 0 radical (unpaired) electrons. The first-order valence-corrected chi connectivity index (χ1v) is 9.74. The summed E-state index contributed by atoms with van der Waals surface area (Å²) in [6, 6.07) is 0. The summed E-state index contributed by atoms with van der Waals surface area (Å²) in [5.74, 6) is 3.31. The van der Waals surface area contributed by atoms with Crippen LogP contribution in [0.4, 0.5) is 0 Å². The Kier molecular flexibility index (Phi) is 4.95. The number of nitrogens with zero attached hydrogens (tertiary/aromatic N) is 5. The van der Waals surface area contributed by atoms with Crippen molar-refractivity contribution in [3.63, 3.8) is 0 Å². The van der Waals surface area contributed by atoms with E-state index in [-0.39, 0.29) is 0 Å². The summed E-state index contributed by atoms with van der Waals surface area (Å²) >= 11 is 0. The van der Waals surface area contributed by atoms with E-state index in [1.165, 1.54) is 89.2 Å². The van der Waals surface area contributed by atoms with Crippen molar-refractivity contribution in [2.75, 3.05) is 26.2 Å². The summed E-state index contributed by atoms with van der Waals surface area (Å²) < 4.78 is 2.39. The number of piperidine rings is 1. The summed E-state index contributed by atoms with van der Waals surface area (Å²) in [5.41, 5.74) is 0. The van der Waals surface area contributed by atoms with Crippen molar-refractivity contribution in [3.8, 4) is 0 Å². The molecule has 0 bridgehead atoms. The van der Waals surface area contributed by atoms with Gasteiger partial charge in [-0.25, -0.2) is 0 Å². The number of hydrogen-bond acceptors (Lipinski definition) is 4. The Labute approximate surface area is 140 Å². The standard InChI is InChI=1S/C18H31N5/c1-3-7-16(8-4-1)13-22-11-12-23-17(19-20-18(23)15-22)14-21-9-5-2-6-10-21/h16H,1-15H2. The van der Waals surface area contributed by atoms with Crippen LogP contribution in [0.1, 0.15) is 63.0 Å². The van der Waals surface area contributed by atoms with Crippen molar-refractivity contribution in [1.82, 2.24) is 24.6 Å². The zero-order valence-electron chi connectivity index (χ0n) is 14.4. The number of rotatable bonds is 4. The van der Waals surface area contributed by atoms with Gasteiger partial charge in [-0.2, -0.15) is 0 Å². The van der Waals surface area contributed by atoms with Gasteiger partial charge >= 0.3 is 0 Å². The predicted molar refractivity (Wildman–Crippen MR) is 91.0 cm³/mol. The minimum Gasteiger partial charge on any atom is -0.312 e. The lowest BCUT2D eigenvalue weighted by Gasteiger charge is -2.33. The average Bonchev–Trinajstić information content (AvgIpc) is 2.99. The lowest BCUT2D eigenvalue weighted by molar-refractivity contribution is 0.160. The van der Waals surface area contributed by atoms with Crippen LogP contribution < -0.4 is 0 Å². The maximum Gasteiger partial charge on any atom is 0.147 e. The molecule has 1 aliphatic carbocycles. The Bertz CT molecular complexity index is 500. The van der Waals surface area contributed by atoms with E-state index in [1.807, 2.05) is 0 Å². The highest BCUT2D eigenvalue weighted by molar-refractivity contribution is 4.99. The zero-order valence-corrected chi connectivity index (χ0v) is 14.4. The molecule has 0 N–H and O–H groups in total. The van der Waals surface area contributed by atoms with E-state index in [0.29, 0.717) is 0 Å². The Morgan fingerprint density at radius 1 is 0.783 bits per heavy atom. The van der Waals surface area contributed by atoms with Crippen LogP contribution in [0.2, 0.25) is 0 Å². The van der Waals surface area contributed by atoms with E-state index in [2.05, 4.69) is 24.6 Å². The topological polar surface area (TPSA) is 37.2 Å². The van der Waals surface area contributed by atoms with Gasteiger partial charge in [-0.3, -0.25) is 9.80 Å². The van der Waals surface area contributed by atoms with Crippen molar-refractivity contribution in [1.29, 1.82) is 0 Å². The molecule has 0 unspecified atom stereocenters. The smallest absolute Gasteiger partial charge is 0.147 e. The molecule has 0 aromatic carbocycles. The molecule has 1 aromatic heterocycles. The van der Waals surface area contributed by atoms with Gasteiger partial charge in [0.2, 0.25) is 0 Å². The normalized spacial score (nSPS) is 24.7. The molecular weight excluding hydrogens is 286 g/mol. The lowest BCUT2D eigenvalue weighted by Crippen LogP contribution is -2.38. The van der Waals surface area contributed by atoms with E-state index in [1.54, 1.807) is 0 Å². The van der Waals surface area contributed by atoms with Gasteiger partial charge in [0.25, 0.3) is 0 Å². The van der Waals surface area contributed by atoms with Crippen molar-refractivity contribution in [2.45, 2.75) is 71.0 Å². The van der Waals surface area contributed by atoms with Crippen molar-refractivity contribution >= 4 is 0 Å². The molecule has 2 fully saturated rings. The van der Waals surface area contributed by atoms with Crippen molar-refractivity contribution in [2.24, 2.45) is 5.92 Å². The molecule has 128 valence electrons. The SMILES string of the molecule is C1CCC(CN2CCn3c(CN4CCCCC4)nnc3C2)CC1. The van der Waals surface area contributed by atoms with E-state index in [0.717, 1.165) is 25.6 Å². The van der Waals surface area contributed by atoms with Crippen LogP contribution >= 0.6 is 0 Å². The summed E-state index contributed by atoms with van der Waals surface area (Å²) in [6.45, 7) is 7.99. The van der Waals surface area contributed by atoms with Crippen LogP contribution in [0, 0.1) is 5.92 Å². The minimum absolute atomic E-state index is 0.922. The van der Waals surface area contributed by atoms with Crippen LogP contribution in [-0.4, -0.2) is 50.7 Å². The maximum atomic E-state index is 4.52. The molecule has 3 aliphatic rings. The predicted octanol–water partition coefficient (Wildman–Crippen LogP) is 2.66. The summed E-state index contributed by atoms with van der Waals surface area (Å²) in [5, 5.41) is 9.03. The second-order valence-electron chi connectivity index (χ2n) is 7.76. The third kappa shape index (κ3) is 3.77. The highest BCUT2D eigenvalue weighted by Crippen LogP contribution is 2.26. The quantitative estimate of drug-likeness (QED) is 0.855. The van der Waals surface area contributed by atoms with E-state index in [4.69, 9.17) is 0 Å². The summed E-state index contributed by atoms with van der Waals surface area (Å²) in [6.07, 6.45) is 11.3. The number of fused-ring (bicyclic) bond motifs is 1. The van der Waals surface area contributed by atoms with Gasteiger partial charge < -0.3 is 4.57 Å². The monoisotopic (exact) mass is 317 g/mol. The molecule has 0 amide bonds. The van der Waals surface area contributed by atoms with Gasteiger partial charge in [0.1, 0.15) is 11.6 Å². The van der Waals surface area contributed by atoms with Crippen LogP contribution in [-0.2, 0) is 19.6 Å². The maximum absolute atomic E-state index is 4.52. The third-order valence-corrected chi connectivity index (χ3v) is 5.96. The number of hydrogen-bond donors (Lipinski definition) is 0. The van der Waals surface area contributed by atoms with E-state index in [9.17, 15) is 0 Å². The number of likely N-dealkylation sites (tertiary alicyclic amines) is 1. The lowest BCUT2D eigenvalue weighted by atomic mass is 9.89. The first kappa shape index (κ1) is 15.6. The second-order valence-corrected chi connectivity index (χ2v) is 7.76. The fourth-order valence-corrected chi connectivity index (χ4v) is 4.59. The zero-order chi connectivity index (χ0) is 15.5. The van der Waals surface area contributed by atoms with E-state index < -0.39 is 0 Å². The Morgan fingerprint density at radius 3 is 2.39 bits per heavy atom. The second kappa shape index (κ2) is 7.31. The van der Waals surface area contributed by atoms with Crippen LogP contribution in [0.5, 0.6) is 0 Å². The Hall–Kier alpha value is -0.940. The molecule has 23 heavy (non-hydrogen) atoms. The molecule has 5 heteroatoms. The molecule has 4 rings (SSSR count). The van der Waals surface area contributed by atoms with Gasteiger partial charge in [-0.05, 0) is 44.7 Å². The van der Waals surface area contributed by atoms with Crippen LogP contribution in [0.15, 0.2) is 0 Å². The molecular formula is C18H31N5. The first-order valence-electron chi connectivity index (χ1n) is 9.74. The third-order valence-electron chi connectivity index (χ3n) is 5.96. The summed E-state index contributed by atoms with van der Waals surface area (Å²) in [7, 11) is 0. The van der Waals surface area contributed by atoms with Gasteiger partial charge in [0.15, 0.2) is 0 Å². The highest BCUT2D eigenvalue weighted by atomic mass is 15.4. The van der Waals surface area contributed by atoms with Crippen LogP contribution in [0.3, 0.4) is 0 Å². The summed E-state index contributed by atoms with van der Waals surface area (Å²) in [4.78, 5) is 5.17. The largest absolute Gasteiger partial charge is 0.312 e. The van der Waals surface area contributed by atoms with E-state index >= 15 is 0 Å². The fraction of sp³-hybridized carbons (Fsp3) is 0.889. The van der Waals surface area contributed by atoms with Crippen LogP contribution in [0.25, 0.3) is 0 Å². The Morgan fingerprint density at radius 2 is 1.57 bits per heavy atom. The molecule has 2 aliphatic heterocycles. The van der Waals surface area contributed by atoms with Crippen molar-refractivity contribution in [3.05, 3.63) is 11.6 Å². The van der Waals surface area contributed by atoms with Crippen molar-refractivity contribution < 1.29 is 0 Å². The average molecular weight is 317 g/mol. The minimum atomic E-state index is 0.922. The first-order chi connectivity index (χ1) is 11.4. The van der Waals surface area contributed by atoms with Gasteiger partial charge in [-0.1, -0.05) is 25.7 Å². The van der Waals surface area contributed by atoms with Gasteiger partial charge in [0.05, 0.1) is 13.1 Å². The molecule has 3 heterocycles. The molecule has 1 saturated carbocycles. The molecule has 5 nitrogen and oxygen atoms in total.